The van der Waals surface area contributed by atoms with Crippen molar-refractivity contribution in [2.75, 3.05) is 28.4 Å². The summed E-state index contributed by atoms with van der Waals surface area (Å²) >= 11 is 0. The van der Waals surface area contributed by atoms with Crippen LogP contribution in [0.5, 0.6) is 23.0 Å². The zero-order chi connectivity index (χ0) is 19.7. The molecule has 0 radical (unpaired) electrons. The number of aromatic hydroxyl groups is 1. The number of nitrogens with zero attached hydrogens (tertiary/aromatic N) is 1. The lowest BCUT2D eigenvalue weighted by atomic mass is 9.93. The minimum absolute atomic E-state index is 0.0412. The molecule has 0 aliphatic heterocycles. The van der Waals surface area contributed by atoms with Gasteiger partial charge < -0.3 is 24.1 Å². The molecule has 7 nitrogen and oxygen atoms in total. The quantitative estimate of drug-likeness (QED) is 0.557. The molecule has 1 N–H and O–H groups in total. The van der Waals surface area contributed by atoms with Crippen LogP contribution in [0.1, 0.15) is 15.9 Å². The third-order valence-electron chi connectivity index (χ3n) is 4.40. The van der Waals surface area contributed by atoms with Gasteiger partial charge in [0.2, 0.25) is 0 Å². The van der Waals surface area contributed by atoms with E-state index in [9.17, 15) is 15.2 Å². The van der Waals surface area contributed by atoms with Crippen LogP contribution in [0.2, 0.25) is 0 Å². The number of esters is 1. The Balaban J connectivity index is 2.64. The number of carbonyl (C=O) groups excluding carboxylic acids is 1. The van der Waals surface area contributed by atoms with E-state index in [4.69, 9.17) is 18.9 Å². The fraction of sp³-hybridized carbons (Fsp3) is 0.200. The normalized spacial score (nSPS) is 10.5. The number of phenolic OH excluding ortho intramolecular Hbond substituents is 1. The van der Waals surface area contributed by atoms with Crippen LogP contribution in [0.25, 0.3) is 21.5 Å². The lowest BCUT2D eigenvalue weighted by Crippen LogP contribution is -2.06. The van der Waals surface area contributed by atoms with Crippen LogP contribution in [0, 0.1) is 11.3 Å². The van der Waals surface area contributed by atoms with Gasteiger partial charge in [-0.05, 0) is 29.7 Å². The average molecular weight is 367 g/mol. The van der Waals surface area contributed by atoms with Gasteiger partial charge in [0.1, 0.15) is 34.6 Å². The number of phenols is 1. The van der Waals surface area contributed by atoms with Crippen molar-refractivity contribution in [2.45, 2.75) is 0 Å². The topological polar surface area (TPSA) is 98.0 Å². The van der Waals surface area contributed by atoms with Crippen molar-refractivity contribution in [3.05, 3.63) is 35.4 Å². The maximum absolute atomic E-state index is 12.1. The van der Waals surface area contributed by atoms with Crippen molar-refractivity contribution < 1.29 is 28.8 Å². The largest absolute Gasteiger partial charge is 0.507 e. The summed E-state index contributed by atoms with van der Waals surface area (Å²) in [7, 11) is 5.70. The SMILES string of the molecule is COC(=O)c1c(O)cc2cc3c(OC)ccc(OC)c3c(OC)c2c1C#N. The van der Waals surface area contributed by atoms with E-state index < -0.39 is 5.97 Å². The number of rotatable bonds is 4. The van der Waals surface area contributed by atoms with Crippen LogP contribution in [-0.4, -0.2) is 39.5 Å². The molecule has 0 fully saturated rings. The third-order valence-corrected chi connectivity index (χ3v) is 4.40. The number of methoxy groups -OCH3 is 4. The first-order chi connectivity index (χ1) is 13.0. The standard InChI is InChI=1S/C20H17NO6/c1-24-14-5-6-15(25-2)18-11(14)7-10-8-13(22)17(20(23)27-4)12(9-21)16(10)19(18)26-3/h5-8,22H,1-4H3. The Kier molecular flexibility index (Phi) is 4.65. The van der Waals surface area contributed by atoms with Crippen molar-refractivity contribution in [3.63, 3.8) is 0 Å². The number of ether oxygens (including phenoxy) is 4. The summed E-state index contributed by atoms with van der Waals surface area (Å²) < 4.78 is 21.2. The van der Waals surface area contributed by atoms with E-state index in [2.05, 4.69) is 0 Å². The second kappa shape index (κ2) is 6.92. The molecule has 0 amide bonds. The summed E-state index contributed by atoms with van der Waals surface area (Å²) in [5.74, 6) is 0.252. The number of benzene rings is 3. The highest BCUT2D eigenvalue weighted by molar-refractivity contribution is 6.14. The predicted molar refractivity (Wildman–Crippen MR) is 98.8 cm³/mol. The van der Waals surface area contributed by atoms with E-state index in [1.54, 1.807) is 18.2 Å². The Morgan fingerprint density at radius 1 is 1.00 bits per heavy atom. The molecule has 0 atom stereocenters. The van der Waals surface area contributed by atoms with Gasteiger partial charge in [0, 0.05) is 10.8 Å². The summed E-state index contributed by atoms with van der Waals surface area (Å²) in [5.41, 5.74) is -0.257. The maximum Gasteiger partial charge on any atom is 0.343 e. The monoisotopic (exact) mass is 367 g/mol. The molecule has 0 aliphatic carbocycles. The summed E-state index contributed by atoms with van der Waals surface area (Å²) in [5, 5.41) is 22.2. The van der Waals surface area contributed by atoms with Crippen LogP contribution in [-0.2, 0) is 4.74 Å². The Labute approximate surface area is 155 Å². The van der Waals surface area contributed by atoms with Crippen LogP contribution in [0.15, 0.2) is 24.3 Å². The van der Waals surface area contributed by atoms with Gasteiger partial charge in [0.25, 0.3) is 0 Å². The zero-order valence-corrected chi connectivity index (χ0v) is 15.2. The smallest absolute Gasteiger partial charge is 0.343 e. The number of carbonyl (C=O) groups is 1. The minimum atomic E-state index is -0.814. The summed E-state index contributed by atoms with van der Waals surface area (Å²) in [4.78, 5) is 12.1. The number of fused-ring (bicyclic) bond motifs is 2. The molecule has 0 spiro atoms. The van der Waals surface area contributed by atoms with Crippen LogP contribution in [0.4, 0.5) is 0 Å². The Morgan fingerprint density at radius 2 is 1.67 bits per heavy atom. The van der Waals surface area contributed by atoms with E-state index in [1.165, 1.54) is 34.5 Å². The summed E-state index contributed by atoms with van der Waals surface area (Å²) in [6, 6.07) is 8.60. The van der Waals surface area contributed by atoms with Gasteiger partial charge in [-0.15, -0.1) is 0 Å². The number of hydrogen-bond donors (Lipinski definition) is 1. The Morgan fingerprint density at radius 3 is 2.22 bits per heavy atom. The van der Waals surface area contributed by atoms with Crippen molar-refractivity contribution in [1.82, 2.24) is 0 Å². The molecule has 138 valence electrons. The van der Waals surface area contributed by atoms with Crippen molar-refractivity contribution in [1.29, 1.82) is 5.26 Å². The van der Waals surface area contributed by atoms with Gasteiger partial charge in [-0.1, -0.05) is 0 Å². The lowest BCUT2D eigenvalue weighted by Gasteiger charge is -2.17. The van der Waals surface area contributed by atoms with Crippen molar-refractivity contribution >= 4 is 27.5 Å². The van der Waals surface area contributed by atoms with E-state index >= 15 is 0 Å². The fourth-order valence-electron chi connectivity index (χ4n) is 3.26. The van der Waals surface area contributed by atoms with Crippen LogP contribution >= 0.6 is 0 Å². The highest BCUT2D eigenvalue weighted by Crippen LogP contribution is 2.46. The Bertz CT molecular complexity index is 1110. The molecule has 3 aromatic rings. The molecule has 0 unspecified atom stereocenters. The minimum Gasteiger partial charge on any atom is -0.507 e. The average Bonchev–Trinajstić information content (AvgIpc) is 2.69. The molecule has 7 heteroatoms. The molecule has 27 heavy (non-hydrogen) atoms. The zero-order valence-electron chi connectivity index (χ0n) is 15.2. The molecule has 0 saturated carbocycles. The van der Waals surface area contributed by atoms with E-state index in [-0.39, 0.29) is 16.9 Å². The summed E-state index contributed by atoms with van der Waals surface area (Å²) in [6.45, 7) is 0. The molecule has 0 aliphatic rings. The summed E-state index contributed by atoms with van der Waals surface area (Å²) in [6.07, 6.45) is 0. The molecule has 3 rings (SSSR count). The number of nitriles is 1. The van der Waals surface area contributed by atoms with E-state index in [1.807, 2.05) is 6.07 Å². The van der Waals surface area contributed by atoms with E-state index in [0.29, 0.717) is 38.8 Å². The molecule has 0 saturated heterocycles. The van der Waals surface area contributed by atoms with Gasteiger partial charge >= 0.3 is 5.97 Å². The molecular weight excluding hydrogens is 350 g/mol. The second-order valence-electron chi connectivity index (χ2n) is 5.65. The molecule has 0 bridgehead atoms. The fourth-order valence-corrected chi connectivity index (χ4v) is 3.26. The first kappa shape index (κ1) is 18.1. The van der Waals surface area contributed by atoms with Crippen LogP contribution in [0.3, 0.4) is 0 Å². The maximum atomic E-state index is 12.1. The van der Waals surface area contributed by atoms with Crippen molar-refractivity contribution in [3.8, 4) is 29.1 Å². The Hall–Kier alpha value is -3.66. The highest BCUT2D eigenvalue weighted by atomic mass is 16.5. The third kappa shape index (κ3) is 2.62. The van der Waals surface area contributed by atoms with E-state index in [0.717, 1.165) is 0 Å². The molecular formula is C20H17NO6. The van der Waals surface area contributed by atoms with Gasteiger partial charge in [-0.2, -0.15) is 5.26 Å². The van der Waals surface area contributed by atoms with Crippen LogP contribution < -0.4 is 14.2 Å². The van der Waals surface area contributed by atoms with Gasteiger partial charge in [0.05, 0.1) is 39.4 Å². The second-order valence-corrected chi connectivity index (χ2v) is 5.65. The van der Waals surface area contributed by atoms with Gasteiger partial charge in [-0.3, -0.25) is 0 Å². The molecule has 3 aromatic carbocycles. The highest BCUT2D eigenvalue weighted by Gasteiger charge is 2.25. The van der Waals surface area contributed by atoms with Gasteiger partial charge in [-0.25, -0.2) is 4.79 Å². The first-order valence-corrected chi connectivity index (χ1v) is 7.92. The van der Waals surface area contributed by atoms with Gasteiger partial charge in [0.15, 0.2) is 0 Å². The molecule has 0 aromatic heterocycles. The number of hydrogen-bond acceptors (Lipinski definition) is 7. The molecule has 0 heterocycles. The first-order valence-electron chi connectivity index (χ1n) is 7.92. The predicted octanol–water partition coefficient (Wildman–Crippen LogP) is 3.38. The lowest BCUT2D eigenvalue weighted by molar-refractivity contribution is 0.0597. The van der Waals surface area contributed by atoms with Crippen molar-refractivity contribution in [2.24, 2.45) is 0 Å².